The molecule has 0 aliphatic heterocycles. The van der Waals surface area contributed by atoms with Gasteiger partial charge in [-0.25, -0.2) is 0 Å². The molecular formula is C19H20BrClO2. The van der Waals surface area contributed by atoms with E-state index in [4.69, 9.17) is 16.3 Å². The first-order valence-corrected chi connectivity index (χ1v) is 8.80. The van der Waals surface area contributed by atoms with Crippen molar-refractivity contribution in [2.45, 2.75) is 37.1 Å². The Morgan fingerprint density at radius 2 is 1.70 bits per heavy atom. The van der Waals surface area contributed by atoms with E-state index in [0.29, 0.717) is 17.9 Å². The van der Waals surface area contributed by atoms with Gasteiger partial charge in [0.2, 0.25) is 0 Å². The van der Waals surface area contributed by atoms with E-state index in [0.717, 1.165) is 11.1 Å². The third kappa shape index (κ3) is 6.00. The van der Waals surface area contributed by atoms with Gasteiger partial charge in [-0.1, -0.05) is 70.0 Å². The maximum atomic E-state index is 12.3. The minimum Gasteiger partial charge on any atom is -0.458 e. The smallest absolute Gasteiger partial charge is 0.320 e. The van der Waals surface area contributed by atoms with Crippen molar-refractivity contribution in [1.82, 2.24) is 0 Å². The molecule has 1 atom stereocenters. The highest BCUT2D eigenvalue weighted by atomic mass is 79.9. The number of halogens is 2. The first-order valence-electron chi connectivity index (χ1n) is 7.51. The highest BCUT2D eigenvalue weighted by Crippen LogP contribution is 2.21. The maximum Gasteiger partial charge on any atom is 0.320 e. The van der Waals surface area contributed by atoms with Crippen molar-refractivity contribution in [2.24, 2.45) is 0 Å². The molecule has 0 N–H and O–H groups in total. The summed E-state index contributed by atoms with van der Waals surface area (Å²) in [5, 5.41) is 0.701. The summed E-state index contributed by atoms with van der Waals surface area (Å²) >= 11 is 9.33. The van der Waals surface area contributed by atoms with E-state index in [1.807, 2.05) is 68.4 Å². The number of ether oxygens (including phenoxy) is 1. The number of carbonyl (C=O) groups is 1. The van der Waals surface area contributed by atoms with E-state index in [-0.39, 0.29) is 10.8 Å². The molecule has 0 aliphatic carbocycles. The van der Waals surface area contributed by atoms with Gasteiger partial charge in [0.15, 0.2) is 0 Å². The summed E-state index contributed by atoms with van der Waals surface area (Å²) in [5.74, 6) is -0.243. The number of rotatable bonds is 6. The fourth-order valence-electron chi connectivity index (χ4n) is 2.37. The van der Waals surface area contributed by atoms with Gasteiger partial charge in [-0.3, -0.25) is 4.79 Å². The lowest BCUT2D eigenvalue weighted by molar-refractivity contribution is -0.155. The van der Waals surface area contributed by atoms with Crippen LogP contribution in [0.1, 0.15) is 25.0 Å². The molecule has 0 unspecified atom stereocenters. The second-order valence-electron chi connectivity index (χ2n) is 6.14. The molecule has 2 nitrogen and oxygen atoms in total. The van der Waals surface area contributed by atoms with Crippen LogP contribution in [0, 0.1) is 0 Å². The first-order chi connectivity index (χ1) is 10.9. The maximum absolute atomic E-state index is 12.3. The van der Waals surface area contributed by atoms with Crippen molar-refractivity contribution in [3.63, 3.8) is 0 Å². The summed E-state index contributed by atoms with van der Waals surface area (Å²) in [7, 11) is 0. The van der Waals surface area contributed by atoms with E-state index < -0.39 is 5.60 Å². The molecule has 0 heterocycles. The summed E-state index contributed by atoms with van der Waals surface area (Å²) < 4.78 is 5.69. The van der Waals surface area contributed by atoms with Crippen LogP contribution in [0.2, 0.25) is 5.02 Å². The molecule has 0 aliphatic rings. The quantitative estimate of drug-likeness (QED) is 0.496. The predicted molar refractivity (Wildman–Crippen MR) is 98.2 cm³/mol. The van der Waals surface area contributed by atoms with E-state index in [2.05, 4.69) is 15.9 Å². The van der Waals surface area contributed by atoms with Crippen molar-refractivity contribution in [2.75, 3.05) is 0 Å². The standard InChI is InChI=1S/C19H20BrClO2/c1-19(2,13-15-8-10-16(21)11-9-15)23-18(22)17(20)12-14-6-4-3-5-7-14/h3-11,17H,12-13H2,1-2H3/t17-/m1/s1. The number of hydrogen-bond donors (Lipinski definition) is 0. The molecule has 2 rings (SSSR count). The molecule has 2 aromatic rings. The Morgan fingerprint density at radius 3 is 2.30 bits per heavy atom. The fourth-order valence-corrected chi connectivity index (χ4v) is 2.96. The Morgan fingerprint density at radius 1 is 1.09 bits per heavy atom. The van der Waals surface area contributed by atoms with E-state index in [1.165, 1.54) is 0 Å². The molecule has 0 spiro atoms. The number of alkyl halides is 1. The first kappa shape index (κ1) is 18.0. The summed E-state index contributed by atoms with van der Waals surface area (Å²) in [6.07, 6.45) is 1.25. The molecule has 0 aromatic heterocycles. The molecule has 23 heavy (non-hydrogen) atoms. The lowest BCUT2D eigenvalue weighted by Crippen LogP contribution is -2.34. The third-order valence-corrected chi connectivity index (χ3v) is 4.38. The van der Waals surface area contributed by atoms with Crippen LogP contribution in [0.3, 0.4) is 0 Å². The van der Waals surface area contributed by atoms with E-state index >= 15 is 0 Å². The Balaban J connectivity index is 1.93. The van der Waals surface area contributed by atoms with Crippen LogP contribution in [-0.4, -0.2) is 16.4 Å². The number of hydrogen-bond acceptors (Lipinski definition) is 2. The molecule has 0 radical (unpaired) electrons. The lowest BCUT2D eigenvalue weighted by Gasteiger charge is -2.26. The van der Waals surface area contributed by atoms with Crippen LogP contribution < -0.4 is 0 Å². The number of benzene rings is 2. The molecule has 0 bridgehead atoms. The molecule has 0 amide bonds. The van der Waals surface area contributed by atoms with Crippen LogP contribution in [0.25, 0.3) is 0 Å². The molecular weight excluding hydrogens is 376 g/mol. The zero-order valence-corrected chi connectivity index (χ0v) is 15.6. The Bertz CT molecular complexity index is 638. The highest BCUT2D eigenvalue weighted by Gasteiger charge is 2.27. The number of carbonyl (C=O) groups excluding carboxylic acids is 1. The van der Waals surface area contributed by atoms with Gasteiger partial charge in [0.25, 0.3) is 0 Å². The summed E-state index contributed by atoms with van der Waals surface area (Å²) in [6, 6.07) is 17.5. The highest BCUT2D eigenvalue weighted by molar-refractivity contribution is 9.10. The molecule has 0 saturated carbocycles. The zero-order chi connectivity index (χ0) is 16.9. The van der Waals surface area contributed by atoms with Gasteiger partial charge in [0, 0.05) is 11.4 Å². The van der Waals surface area contributed by atoms with Crippen molar-refractivity contribution >= 4 is 33.5 Å². The van der Waals surface area contributed by atoms with Gasteiger partial charge in [0.1, 0.15) is 10.4 Å². The SMILES string of the molecule is CC(C)(Cc1ccc(Cl)cc1)OC(=O)[C@H](Br)Cc1ccccc1. The van der Waals surface area contributed by atoms with Gasteiger partial charge in [-0.05, 0) is 43.5 Å². The Hall–Kier alpha value is -1.32. The minimum absolute atomic E-state index is 0.243. The molecule has 4 heteroatoms. The van der Waals surface area contributed by atoms with Gasteiger partial charge >= 0.3 is 5.97 Å². The summed E-state index contributed by atoms with van der Waals surface area (Å²) in [4.78, 5) is 12.0. The van der Waals surface area contributed by atoms with Crippen molar-refractivity contribution < 1.29 is 9.53 Å². The molecule has 122 valence electrons. The average Bonchev–Trinajstić information content (AvgIpc) is 2.50. The average molecular weight is 396 g/mol. The number of esters is 1. The van der Waals surface area contributed by atoms with Crippen LogP contribution in [-0.2, 0) is 22.4 Å². The molecule has 2 aromatic carbocycles. The zero-order valence-electron chi connectivity index (χ0n) is 13.3. The van der Waals surface area contributed by atoms with Crippen LogP contribution in [0.4, 0.5) is 0 Å². The monoisotopic (exact) mass is 394 g/mol. The summed E-state index contributed by atoms with van der Waals surface area (Å²) in [5.41, 5.74) is 1.61. The van der Waals surface area contributed by atoms with Gasteiger partial charge < -0.3 is 4.74 Å². The second-order valence-corrected chi connectivity index (χ2v) is 7.68. The van der Waals surface area contributed by atoms with Gasteiger partial charge in [-0.15, -0.1) is 0 Å². The van der Waals surface area contributed by atoms with Gasteiger partial charge in [-0.2, -0.15) is 0 Å². The largest absolute Gasteiger partial charge is 0.458 e. The fraction of sp³-hybridized carbons (Fsp3) is 0.316. The third-order valence-electron chi connectivity index (χ3n) is 3.43. The topological polar surface area (TPSA) is 26.3 Å². The van der Waals surface area contributed by atoms with Gasteiger partial charge in [0.05, 0.1) is 0 Å². The lowest BCUT2D eigenvalue weighted by atomic mass is 9.98. The Kier molecular flexibility index (Phi) is 6.25. The van der Waals surface area contributed by atoms with Crippen molar-refractivity contribution in [3.8, 4) is 0 Å². The van der Waals surface area contributed by atoms with Crippen LogP contribution in [0.5, 0.6) is 0 Å². The van der Waals surface area contributed by atoms with E-state index in [1.54, 1.807) is 0 Å². The minimum atomic E-state index is -0.576. The Labute approximate surface area is 150 Å². The van der Waals surface area contributed by atoms with Crippen LogP contribution in [0.15, 0.2) is 54.6 Å². The van der Waals surface area contributed by atoms with Crippen LogP contribution >= 0.6 is 27.5 Å². The van der Waals surface area contributed by atoms with Crippen molar-refractivity contribution in [3.05, 3.63) is 70.7 Å². The van der Waals surface area contributed by atoms with E-state index in [9.17, 15) is 4.79 Å². The molecule has 0 fully saturated rings. The summed E-state index contributed by atoms with van der Waals surface area (Å²) in [6.45, 7) is 3.84. The second kappa shape index (κ2) is 7.98. The molecule has 0 saturated heterocycles. The van der Waals surface area contributed by atoms with Crippen molar-refractivity contribution in [1.29, 1.82) is 0 Å². The normalized spacial score (nSPS) is 12.7. The predicted octanol–water partition coefficient (Wildman–Crippen LogP) is 5.21.